The van der Waals surface area contributed by atoms with E-state index in [0.29, 0.717) is 18.3 Å². The number of guanidine groups is 1. The van der Waals surface area contributed by atoms with Crippen LogP contribution in [0.2, 0.25) is 0 Å². The summed E-state index contributed by atoms with van der Waals surface area (Å²) in [6.07, 6.45) is 0. The molecule has 0 unspecified atom stereocenters. The molecule has 0 aliphatic carbocycles. The minimum absolute atomic E-state index is 0. The Balaban J connectivity index is 0.00000242. The van der Waals surface area contributed by atoms with Gasteiger partial charge in [0.1, 0.15) is 6.54 Å². The van der Waals surface area contributed by atoms with Gasteiger partial charge in [0.25, 0.3) is 0 Å². The first-order valence-corrected chi connectivity index (χ1v) is 7.18. The monoisotopic (exact) mass is 422 g/mol. The molecule has 0 spiro atoms. The van der Waals surface area contributed by atoms with Crippen molar-refractivity contribution in [2.24, 2.45) is 4.99 Å². The lowest BCUT2D eigenvalue weighted by molar-refractivity contribution is -0.130. The van der Waals surface area contributed by atoms with E-state index in [1.54, 1.807) is 13.8 Å². The maximum atomic E-state index is 11.3. The van der Waals surface area contributed by atoms with Gasteiger partial charge in [0.05, 0.1) is 0 Å². The minimum Gasteiger partial charge on any atom is -0.357 e. The molecule has 2 rings (SSSR count). The van der Waals surface area contributed by atoms with Gasteiger partial charge in [-0.2, -0.15) is 4.98 Å². The molecule has 22 heavy (non-hydrogen) atoms. The molecule has 0 atom stereocenters. The van der Waals surface area contributed by atoms with E-state index in [4.69, 9.17) is 4.52 Å². The third kappa shape index (κ3) is 5.11. The molecule has 1 N–H and O–H groups in total. The summed E-state index contributed by atoms with van der Waals surface area (Å²) in [6.45, 7) is 9.55. The molecule has 8 nitrogen and oxygen atoms in total. The number of amides is 1. The summed E-state index contributed by atoms with van der Waals surface area (Å²) in [6, 6.07) is 0. The maximum Gasteiger partial charge on any atom is 0.223 e. The Morgan fingerprint density at radius 3 is 2.45 bits per heavy atom. The van der Waals surface area contributed by atoms with Gasteiger partial charge in [-0.15, -0.1) is 24.0 Å². The van der Waals surface area contributed by atoms with Crippen LogP contribution in [0.4, 0.5) is 0 Å². The molecule has 1 saturated heterocycles. The molecule has 0 saturated carbocycles. The minimum atomic E-state index is 0. The van der Waals surface area contributed by atoms with E-state index in [0.717, 1.165) is 38.7 Å². The molecule has 0 aromatic carbocycles. The molecule has 1 aromatic rings. The standard InChI is InChI=1S/C13H22N6O2.HI/c1-4-14-13(15-9-12-16-10(2)21-17-12)19-7-5-18(6-8-19)11(3)20;/h4-9H2,1-3H3,(H,14,15);1H. The molecular formula is C13H23IN6O2. The second kappa shape index (κ2) is 8.91. The largest absolute Gasteiger partial charge is 0.357 e. The number of aromatic nitrogens is 2. The predicted octanol–water partition coefficient (Wildman–Crippen LogP) is 0.626. The number of hydrogen-bond donors (Lipinski definition) is 1. The first kappa shape index (κ1) is 18.7. The van der Waals surface area contributed by atoms with Crippen molar-refractivity contribution >= 4 is 35.8 Å². The highest BCUT2D eigenvalue weighted by Crippen LogP contribution is 2.04. The summed E-state index contributed by atoms with van der Waals surface area (Å²) < 4.78 is 4.93. The summed E-state index contributed by atoms with van der Waals surface area (Å²) in [5, 5.41) is 7.10. The highest BCUT2D eigenvalue weighted by molar-refractivity contribution is 14.0. The summed E-state index contributed by atoms with van der Waals surface area (Å²) in [5.41, 5.74) is 0. The van der Waals surface area contributed by atoms with Crippen LogP contribution in [-0.2, 0) is 11.3 Å². The van der Waals surface area contributed by atoms with E-state index in [-0.39, 0.29) is 29.9 Å². The van der Waals surface area contributed by atoms with E-state index in [2.05, 4.69) is 25.3 Å². The third-order valence-corrected chi connectivity index (χ3v) is 3.30. The SMILES string of the molecule is CCNC(=NCc1noc(C)n1)N1CCN(C(C)=O)CC1.I. The zero-order valence-corrected chi connectivity index (χ0v) is 15.5. The Hall–Kier alpha value is -1.39. The number of nitrogens with one attached hydrogen (secondary N) is 1. The highest BCUT2D eigenvalue weighted by Gasteiger charge is 2.20. The van der Waals surface area contributed by atoms with Crippen molar-refractivity contribution in [2.45, 2.75) is 27.3 Å². The number of halogens is 1. The summed E-state index contributed by atoms with van der Waals surface area (Å²) >= 11 is 0. The van der Waals surface area contributed by atoms with Crippen LogP contribution < -0.4 is 5.32 Å². The van der Waals surface area contributed by atoms with E-state index in [9.17, 15) is 4.79 Å². The van der Waals surface area contributed by atoms with Gasteiger partial charge in [0.15, 0.2) is 11.8 Å². The molecule has 1 amide bonds. The van der Waals surface area contributed by atoms with Gasteiger partial charge in [0, 0.05) is 46.6 Å². The van der Waals surface area contributed by atoms with Gasteiger partial charge in [0.2, 0.25) is 11.8 Å². The number of carbonyl (C=O) groups excluding carboxylic acids is 1. The fraction of sp³-hybridized carbons (Fsp3) is 0.692. The van der Waals surface area contributed by atoms with Crippen LogP contribution in [0.5, 0.6) is 0 Å². The molecular weight excluding hydrogens is 399 g/mol. The van der Waals surface area contributed by atoms with E-state index >= 15 is 0 Å². The van der Waals surface area contributed by atoms with Gasteiger partial charge < -0.3 is 19.6 Å². The van der Waals surface area contributed by atoms with Crippen LogP contribution in [0.25, 0.3) is 0 Å². The van der Waals surface area contributed by atoms with Gasteiger partial charge >= 0.3 is 0 Å². The van der Waals surface area contributed by atoms with Crippen molar-refractivity contribution < 1.29 is 9.32 Å². The molecule has 1 aromatic heterocycles. The van der Waals surface area contributed by atoms with Crippen molar-refractivity contribution in [1.82, 2.24) is 25.3 Å². The number of aryl methyl sites for hydroxylation is 1. The summed E-state index contributed by atoms with van der Waals surface area (Å²) in [4.78, 5) is 24.0. The number of rotatable bonds is 3. The van der Waals surface area contributed by atoms with Crippen molar-refractivity contribution in [3.8, 4) is 0 Å². The summed E-state index contributed by atoms with van der Waals surface area (Å²) in [7, 11) is 0. The Morgan fingerprint density at radius 1 is 1.32 bits per heavy atom. The molecule has 0 bridgehead atoms. The van der Waals surface area contributed by atoms with Gasteiger partial charge in [-0.1, -0.05) is 5.16 Å². The molecule has 1 aliphatic rings. The van der Waals surface area contributed by atoms with Gasteiger partial charge in [-0.3, -0.25) is 4.79 Å². The zero-order valence-electron chi connectivity index (χ0n) is 13.2. The number of carbonyl (C=O) groups is 1. The van der Waals surface area contributed by atoms with Crippen molar-refractivity contribution in [3.63, 3.8) is 0 Å². The lowest BCUT2D eigenvalue weighted by Crippen LogP contribution is -2.53. The van der Waals surface area contributed by atoms with Crippen molar-refractivity contribution in [3.05, 3.63) is 11.7 Å². The van der Waals surface area contributed by atoms with Crippen LogP contribution in [0.3, 0.4) is 0 Å². The predicted molar refractivity (Wildman–Crippen MR) is 93.1 cm³/mol. The van der Waals surface area contributed by atoms with Crippen molar-refractivity contribution in [1.29, 1.82) is 0 Å². The quantitative estimate of drug-likeness (QED) is 0.437. The zero-order chi connectivity index (χ0) is 15.2. The Morgan fingerprint density at radius 2 is 1.95 bits per heavy atom. The van der Waals surface area contributed by atoms with Crippen LogP contribution in [0.1, 0.15) is 25.6 Å². The van der Waals surface area contributed by atoms with E-state index < -0.39 is 0 Å². The van der Waals surface area contributed by atoms with Gasteiger partial charge in [-0.25, -0.2) is 4.99 Å². The van der Waals surface area contributed by atoms with E-state index in [1.165, 1.54) is 0 Å². The lowest BCUT2D eigenvalue weighted by Gasteiger charge is -2.36. The first-order chi connectivity index (χ1) is 10.1. The molecule has 1 fully saturated rings. The van der Waals surface area contributed by atoms with Crippen LogP contribution in [0, 0.1) is 6.92 Å². The number of aliphatic imine (C=N–C) groups is 1. The molecule has 9 heteroatoms. The molecule has 124 valence electrons. The van der Waals surface area contributed by atoms with Crippen molar-refractivity contribution in [2.75, 3.05) is 32.7 Å². The molecule has 2 heterocycles. The van der Waals surface area contributed by atoms with Gasteiger partial charge in [-0.05, 0) is 6.92 Å². The second-order valence-electron chi connectivity index (χ2n) is 4.89. The maximum absolute atomic E-state index is 11.3. The average molecular weight is 422 g/mol. The second-order valence-corrected chi connectivity index (χ2v) is 4.89. The fourth-order valence-corrected chi connectivity index (χ4v) is 2.21. The first-order valence-electron chi connectivity index (χ1n) is 7.18. The summed E-state index contributed by atoms with van der Waals surface area (Å²) in [5.74, 6) is 2.06. The fourth-order valence-electron chi connectivity index (χ4n) is 2.21. The number of hydrogen-bond acceptors (Lipinski definition) is 5. The highest BCUT2D eigenvalue weighted by atomic mass is 127. The Kier molecular flexibility index (Phi) is 7.56. The topological polar surface area (TPSA) is 86.9 Å². The molecule has 0 radical (unpaired) electrons. The normalized spacial score (nSPS) is 15.5. The van der Waals surface area contributed by atoms with Crippen LogP contribution >= 0.6 is 24.0 Å². The lowest BCUT2D eigenvalue weighted by atomic mass is 10.3. The smallest absolute Gasteiger partial charge is 0.223 e. The number of piperazine rings is 1. The average Bonchev–Trinajstić information content (AvgIpc) is 2.89. The molecule has 1 aliphatic heterocycles. The van der Waals surface area contributed by atoms with Crippen LogP contribution in [0.15, 0.2) is 9.52 Å². The van der Waals surface area contributed by atoms with E-state index in [1.807, 2.05) is 11.8 Å². The Labute approximate surface area is 147 Å². The number of nitrogens with zero attached hydrogens (tertiary/aromatic N) is 5. The third-order valence-electron chi connectivity index (χ3n) is 3.30. The Bertz CT molecular complexity index is 510. The van der Waals surface area contributed by atoms with Crippen LogP contribution in [-0.4, -0.2) is 64.5 Å².